The maximum absolute atomic E-state index is 12.5. The first-order valence-corrected chi connectivity index (χ1v) is 11.6. The van der Waals surface area contributed by atoms with Gasteiger partial charge in [-0.05, 0) is 66.0 Å². The molecule has 1 heterocycles. The molecule has 0 unspecified atom stereocenters. The molecule has 0 bridgehead atoms. The number of hydrogen-bond donors (Lipinski definition) is 1. The number of rotatable bonds is 9. The second-order valence-corrected chi connectivity index (χ2v) is 8.83. The molecule has 32 heavy (non-hydrogen) atoms. The van der Waals surface area contributed by atoms with Gasteiger partial charge in [-0.25, -0.2) is 5.43 Å². The van der Waals surface area contributed by atoms with Crippen molar-refractivity contribution in [2.75, 3.05) is 6.61 Å². The molecule has 0 aliphatic rings. The van der Waals surface area contributed by atoms with Crippen LogP contribution in [0.2, 0.25) is 0 Å². The third kappa shape index (κ3) is 5.63. The van der Waals surface area contributed by atoms with Crippen LogP contribution in [-0.2, 0) is 0 Å². The molecule has 1 amide bonds. The van der Waals surface area contributed by atoms with Crippen LogP contribution in [-0.4, -0.2) is 29.8 Å². The van der Waals surface area contributed by atoms with Gasteiger partial charge in [0.05, 0.1) is 33.2 Å². The molecule has 1 aromatic heterocycles. The van der Waals surface area contributed by atoms with Gasteiger partial charge in [-0.2, -0.15) is 5.10 Å². The topological polar surface area (TPSA) is 103 Å². The minimum atomic E-state index is -0.463. The van der Waals surface area contributed by atoms with Crippen molar-refractivity contribution in [2.45, 2.75) is 33.3 Å². The van der Waals surface area contributed by atoms with Gasteiger partial charge in [-0.15, -0.1) is 11.3 Å². The first kappa shape index (κ1) is 23.7. The number of hydrogen-bond acceptors (Lipinski definition) is 7. The molecule has 0 saturated heterocycles. The summed E-state index contributed by atoms with van der Waals surface area (Å²) in [5.74, 6) is 0.814. The van der Waals surface area contributed by atoms with E-state index in [-0.39, 0.29) is 11.8 Å². The van der Waals surface area contributed by atoms with Gasteiger partial charge in [0, 0.05) is 22.2 Å². The Kier molecular flexibility index (Phi) is 7.81. The number of halogens is 1. The van der Waals surface area contributed by atoms with Crippen molar-refractivity contribution >= 4 is 55.2 Å². The number of nitrogens with one attached hydrogen (secondary N) is 1. The van der Waals surface area contributed by atoms with E-state index in [0.717, 1.165) is 15.6 Å². The van der Waals surface area contributed by atoms with Gasteiger partial charge < -0.3 is 9.47 Å². The van der Waals surface area contributed by atoms with E-state index in [1.165, 1.54) is 29.7 Å². The number of nitro benzene ring substituents is 1. The average Bonchev–Trinajstić information content (AvgIpc) is 3.19. The lowest BCUT2D eigenvalue weighted by Crippen LogP contribution is -2.16. The number of thiophene rings is 1. The van der Waals surface area contributed by atoms with Crippen LogP contribution in [0.4, 0.5) is 5.69 Å². The average molecular weight is 520 g/mol. The fourth-order valence-corrected chi connectivity index (χ4v) is 4.29. The molecule has 2 aromatic carbocycles. The smallest absolute Gasteiger partial charge is 0.281 e. The maximum atomic E-state index is 12.5. The van der Waals surface area contributed by atoms with Crippen molar-refractivity contribution in [3.05, 3.63) is 61.4 Å². The van der Waals surface area contributed by atoms with Crippen LogP contribution in [0.25, 0.3) is 10.1 Å². The van der Waals surface area contributed by atoms with Gasteiger partial charge in [0.25, 0.3) is 11.6 Å². The van der Waals surface area contributed by atoms with Gasteiger partial charge in [-0.3, -0.25) is 14.9 Å². The molecule has 3 rings (SSSR count). The molecule has 0 fully saturated rings. The lowest BCUT2D eigenvalue weighted by atomic mass is 10.2. The fraction of sp³-hybridized carbons (Fsp3) is 0.273. The van der Waals surface area contributed by atoms with Crippen molar-refractivity contribution in [3.63, 3.8) is 0 Å². The highest BCUT2D eigenvalue weighted by molar-refractivity contribution is 9.10. The van der Waals surface area contributed by atoms with Crippen molar-refractivity contribution in [2.24, 2.45) is 5.10 Å². The third-order valence-electron chi connectivity index (χ3n) is 4.54. The molecule has 1 N–H and O–H groups in total. The number of benzene rings is 2. The molecule has 168 valence electrons. The monoisotopic (exact) mass is 519 g/mol. The van der Waals surface area contributed by atoms with Crippen LogP contribution in [0.3, 0.4) is 0 Å². The number of hydrazone groups is 1. The fourth-order valence-electron chi connectivity index (χ4n) is 2.80. The van der Waals surface area contributed by atoms with Gasteiger partial charge >= 0.3 is 0 Å². The van der Waals surface area contributed by atoms with Crippen LogP contribution in [0.1, 0.15) is 42.4 Å². The summed E-state index contributed by atoms with van der Waals surface area (Å²) in [6, 6.07) is 9.73. The van der Waals surface area contributed by atoms with E-state index in [9.17, 15) is 14.9 Å². The summed E-state index contributed by atoms with van der Waals surface area (Å²) in [6.45, 7) is 6.39. The Balaban J connectivity index is 1.75. The third-order valence-corrected chi connectivity index (χ3v) is 6.24. The van der Waals surface area contributed by atoms with E-state index >= 15 is 0 Å². The first-order valence-electron chi connectivity index (χ1n) is 9.96. The van der Waals surface area contributed by atoms with E-state index in [2.05, 4.69) is 26.5 Å². The van der Waals surface area contributed by atoms with Gasteiger partial charge in [-0.1, -0.05) is 6.92 Å². The second kappa shape index (κ2) is 10.6. The molecule has 0 saturated carbocycles. The molecule has 0 aliphatic carbocycles. The highest BCUT2D eigenvalue weighted by Crippen LogP contribution is 2.37. The minimum absolute atomic E-state index is 0.0169. The van der Waals surface area contributed by atoms with Crippen molar-refractivity contribution in [3.8, 4) is 11.5 Å². The van der Waals surface area contributed by atoms with Gasteiger partial charge in [0.15, 0.2) is 11.5 Å². The van der Waals surface area contributed by atoms with Crippen molar-refractivity contribution in [1.29, 1.82) is 0 Å². The number of ether oxygens (including phenoxy) is 2. The van der Waals surface area contributed by atoms with E-state index in [1.54, 1.807) is 18.2 Å². The predicted molar refractivity (Wildman–Crippen MR) is 129 cm³/mol. The lowest BCUT2D eigenvalue weighted by Gasteiger charge is -2.18. The van der Waals surface area contributed by atoms with Crippen molar-refractivity contribution in [1.82, 2.24) is 5.43 Å². The molecule has 0 spiro atoms. The van der Waals surface area contributed by atoms with Crippen molar-refractivity contribution < 1.29 is 19.2 Å². The standard InChI is InChI=1S/C22H22BrN3O5S/c1-4-13(3)31-21-17(23)8-14(9-18(21)30-5-2)12-24-25-22(27)20-11-15-10-16(26(28)29)6-7-19(15)32-20/h6-13H,4-5H2,1-3H3,(H,25,27)/b24-12-/t13-/m0/s1. The SMILES string of the molecule is CCOc1cc(/C=N\NC(=O)c2cc3cc([N+](=O)[O-])ccc3s2)cc(Br)c1O[C@@H](C)CC. The Labute approximate surface area is 197 Å². The Morgan fingerprint density at radius 1 is 1.31 bits per heavy atom. The molecular formula is C22H22BrN3O5S. The molecule has 0 radical (unpaired) electrons. The Morgan fingerprint density at radius 2 is 2.09 bits per heavy atom. The van der Waals surface area contributed by atoms with Crippen LogP contribution < -0.4 is 14.9 Å². The van der Waals surface area contributed by atoms with Gasteiger partial charge in [0.1, 0.15) is 0 Å². The minimum Gasteiger partial charge on any atom is -0.490 e. The summed E-state index contributed by atoms with van der Waals surface area (Å²) in [5.41, 5.74) is 3.19. The highest BCUT2D eigenvalue weighted by Gasteiger charge is 2.15. The Bertz CT molecular complexity index is 1180. The molecule has 8 nitrogen and oxygen atoms in total. The maximum Gasteiger partial charge on any atom is 0.281 e. The number of amides is 1. The first-order chi connectivity index (χ1) is 15.3. The number of carbonyl (C=O) groups excluding carboxylic acids is 1. The van der Waals surface area contributed by atoms with Crippen LogP contribution in [0.5, 0.6) is 11.5 Å². The Hall–Kier alpha value is -2.98. The second-order valence-electron chi connectivity index (χ2n) is 6.89. The number of carbonyl (C=O) groups is 1. The molecular weight excluding hydrogens is 498 g/mol. The lowest BCUT2D eigenvalue weighted by molar-refractivity contribution is -0.384. The highest BCUT2D eigenvalue weighted by atomic mass is 79.9. The van der Waals surface area contributed by atoms with Crippen LogP contribution >= 0.6 is 27.3 Å². The molecule has 0 aliphatic heterocycles. The number of non-ortho nitro benzene ring substituents is 1. The van der Waals surface area contributed by atoms with E-state index in [0.29, 0.717) is 33.9 Å². The zero-order valence-corrected chi connectivity index (χ0v) is 20.2. The number of nitrogens with zero attached hydrogens (tertiary/aromatic N) is 2. The predicted octanol–water partition coefficient (Wildman–Crippen LogP) is 5.91. The normalized spacial score (nSPS) is 12.1. The van der Waals surface area contributed by atoms with E-state index in [1.807, 2.05) is 26.8 Å². The van der Waals surface area contributed by atoms with E-state index in [4.69, 9.17) is 9.47 Å². The summed E-state index contributed by atoms with van der Waals surface area (Å²) in [6.07, 6.45) is 2.40. The summed E-state index contributed by atoms with van der Waals surface area (Å²) in [7, 11) is 0. The number of nitro groups is 1. The summed E-state index contributed by atoms with van der Waals surface area (Å²) in [5, 5.41) is 15.6. The summed E-state index contributed by atoms with van der Waals surface area (Å²) in [4.78, 5) is 23.3. The summed E-state index contributed by atoms with van der Waals surface area (Å²) < 4.78 is 13.2. The molecule has 1 atom stereocenters. The Morgan fingerprint density at radius 3 is 2.78 bits per heavy atom. The van der Waals surface area contributed by atoms with Crippen LogP contribution in [0.15, 0.2) is 46.0 Å². The summed E-state index contributed by atoms with van der Waals surface area (Å²) >= 11 is 4.76. The molecule has 3 aromatic rings. The van der Waals surface area contributed by atoms with Gasteiger partial charge in [0.2, 0.25) is 0 Å². The number of fused-ring (bicyclic) bond motifs is 1. The molecule has 10 heteroatoms. The zero-order valence-electron chi connectivity index (χ0n) is 17.8. The quantitative estimate of drug-likeness (QED) is 0.215. The zero-order chi connectivity index (χ0) is 23.3. The van der Waals surface area contributed by atoms with E-state index < -0.39 is 10.8 Å². The van der Waals surface area contributed by atoms with Crippen LogP contribution in [0, 0.1) is 10.1 Å². The largest absolute Gasteiger partial charge is 0.490 e.